The fourth-order valence-electron chi connectivity index (χ4n) is 4.74. The molecule has 0 N–H and O–H groups in total. The number of benzene rings is 1. The molecule has 0 bridgehead atoms. The molecule has 0 saturated carbocycles. The van der Waals surface area contributed by atoms with Crippen molar-refractivity contribution in [2.45, 2.75) is 116 Å². The van der Waals surface area contributed by atoms with Gasteiger partial charge < -0.3 is 4.90 Å². The maximum absolute atomic E-state index is 2.40. The third kappa shape index (κ3) is 13.5. The zero-order valence-corrected chi connectivity index (χ0v) is 23.2. The zero-order chi connectivity index (χ0) is 25.0. The molecule has 0 spiro atoms. The Hall–Kier alpha value is -2.09. The first-order valence-electron chi connectivity index (χ1n) is 14.6. The highest BCUT2D eigenvalue weighted by Gasteiger charge is 2.06. The molecule has 0 aliphatic carbocycles. The van der Waals surface area contributed by atoms with Gasteiger partial charge in [-0.3, -0.25) is 0 Å². The summed E-state index contributed by atoms with van der Waals surface area (Å²) in [6.45, 7) is 3.41. The van der Waals surface area contributed by atoms with Crippen LogP contribution in [0.3, 0.4) is 0 Å². The molecule has 2 rings (SSSR count). The zero-order valence-electron chi connectivity index (χ0n) is 23.2. The van der Waals surface area contributed by atoms with E-state index in [9.17, 15) is 0 Å². The summed E-state index contributed by atoms with van der Waals surface area (Å²) in [4.78, 5) is 2.14. The van der Waals surface area contributed by atoms with E-state index in [2.05, 4.69) is 91.3 Å². The molecule has 0 amide bonds. The summed E-state index contributed by atoms with van der Waals surface area (Å²) in [5.41, 5.74) is 3.76. The minimum Gasteiger partial charge on any atom is -0.378 e. The van der Waals surface area contributed by atoms with Gasteiger partial charge in [-0.25, -0.2) is 0 Å². The Bertz CT molecular complexity index is 791. The SMILES string of the molecule is CCCCCCCCCCCCCCCCCC[n+]1ccccc1/C=C/c1ccc(N(C)C)cc1. The Morgan fingerprint density at radius 1 is 0.600 bits per heavy atom. The molecule has 2 aromatic rings. The van der Waals surface area contributed by atoms with Crippen molar-refractivity contribution in [1.82, 2.24) is 0 Å². The molecule has 0 unspecified atom stereocenters. The second kappa shape index (κ2) is 19.1. The number of hydrogen-bond donors (Lipinski definition) is 0. The van der Waals surface area contributed by atoms with Gasteiger partial charge in [0.1, 0.15) is 6.54 Å². The summed E-state index contributed by atoms with van der Waals surface area (Å²) in [7, 11) is 4.16. The Labute approximate surface area is 217 Å². The van der Waals surface area contributed by atoms with Gasteiger partial charge in [-0.15, -0.1) is 0 Å². The lowest BCUT2D eigenvalue weighted by molar-refractivity contribution is -0.699. The van der Waals surface area contributed by atoms with Crippen LogP contribution in [0.5, 0.6) is 0 Å². The van der Waals surface area contributed by atoms with Crippen LogP contribution in [0.15, 0.2) is 48.7 Å². The van der Waals surface area contributed by atoms with Crippen LogP contribution >= 0.6 is 0 Å². The average molecular weight is 478 g/mol. The van der Waals surface area contributed by atoms with Crippen molar-refractivity contribution in [1.29, 1.82) is 0 Å². The average Bonchev–Trinajstić information content (AvgIpc) is 2.88. The molecule has 0 aliphatic heterocycles. The lowest BCUT2D eigenvalue weighted by atomic mass is 10.0. The molecule has 0 aliphatic rings. The van der Waals surface area contributed by atoms with Crippen LogP contribution in [0.2, 0.25) is 0 Å². The maximum atomic E-state index is 2.40. The predicted octanol–water partition coefficient (Wildman–Crippen LogP) is 9.47. The summed E-state index contributed by atoms with van der Waals surface area (Å²) in [5.74, 6) is 0. The number of rotatable bonds is 20. The van der Waals surface area contributed by atoms with Gasteiger partial charge in [-0.1, -0.05) is 109 Å². The highest BCUT2D eigenvalue weighted by atomic mass is 15.1. The van der Waals surface area contributed by atoms with Gasteiger partial charge in [-0.2, -0.15) is 4.57 Å². The molecule has 1 heterocycles. The first-order valence-corrected chi connectivity index (χ1v) is 14.6. The van der Waals surface area contributed by atoms with Crippen molar-refractivity contribution in [3.63, 3.8) is 0 Å². The number of hydrogen-bond acceptors (Lipinski definition) is 1. The summed E-state index contributed by atoms with van der Waals surface area (Å²) >= 11 is 0. The smallest absolute Gasteiger partial charge is 0.205 e. The summed E-state index contributed by atoms with van der Waals surface area (Å²) in [6.07, 6.45) is 29.4. The summed E-state index contributed by atoms with van der Waals surface area (Å²) in [5, 5.41) is 0. The normalized spacial score (nSPS) is 11.4. The molecule has 1 aromatic carbocycles. The van der Waals surface area contributed by atoms with E-state index in [1.165, 1.54) is 120 Å². The number of anilines is 1. The topological polar surface area (TPSA) is 7.12 Å². The van der Waals surface area contributed by atoms with Gasteiger partial charge in [0.05, 0.1) is 0 Å². The van der Waals surface area contributed by atoms with E-state index in [4.69, 9.17) is 0 Å². The number of aromatic nitrogens is 1. The second-order valence-electron chi connectivity index (χ2n) is 10.4. The van der Waals surface area contributed by atoms with Gasteiger partial charge in [0.2, 0.25) is 5.69 Å². The first-order chi connectivity index (χ1) is 17.2. The third-order valence-electron chi connectivity index (χ3n) is 7.08. The van der Waals surface area contributed by atoms with Crippen molar-refractivity contribution in [2.75, 3.05) is 19.0 Å². The third-order valence-corrected chi connectivity index (χ3v) is 7.08. The fraction of sp³-hybridized carbons (Fsp3) is 0.606. The molecule has 0 radical (unpaired) electrons. The first kappa shape index (κ1) is 29.1. The van der Waals surface area contributed by atoms with E-state index < -0.39 is 0 Å². The molecule has 35 heavy (non-hydrogen) atoms. The van der Waals surface area contributed by atoms with Crippen molar-refractivity contribution < 1.29 is 4.57 Å². The van der Waals surface area contributed by atoms with Crippen molar-refractivity contribution in [2.24, 2.45) is 0 Å². The molecule has 2 heteroatoms. The maximum Gasteiger partial charge on any atom is 0.205 e. The van der Waals surface area contributed by atoms with Crippen LogP contribution in [-0.4, -0.2) is 14.1 Å². The summed E-state index contributed by atoms with van der Waals surface area (Å²) in [6, 6.07) is 15.2. The van der Waals surface area contributed by atoms with Crippen LogP contribution < -0.4 is 9.47 Å². The molecule has 0 fully saturated rings. The van der Waals surface area contributed by atoms with Crippen LogP contribution in [-0.2, 0) is 6.54 Å². The highest BCUT2D eigenvalue weighted by molar-refractivity contribution is 5.68. The van der Waals surface area contributed by atoms with Crippen LogP contribution in [0.4, 0.5) is 5.69 Å². The van der Waals surface area contributed by atoms with Gasteiger partial charge in [0.15, 0.2) is 6.20 Å². The van der Waals surface area contributed by atoms with Crippen LogP contribution in [0.1, 0.15) is 121 Å². The Morgan fingerprint density at radius 3 is 1.63 bits per heavy atom. The molecule has 0 saturated heterocycles. The van der Waals surface area contributed by atoms with Crippen LogP contribution in [0, 0.1) is 0 Å². The Morgan fingerprint density at radius 2 is 1.11 bits per heavy atom. The summed E-state index contributed by atoms with van der Waals surface area (Å²) < 4.78 is 2.40. The Kier molecular flexibility index (Phi) is 15.9. The van der Waals surface area contributed by atoms with Gasteiger partial charge in [0, 0.05) is 44.4 Å². The molecule has 2 nitrogen and oxygen atoms in total. The number of nitrogens with zero attached hydrogens (tertiary/aromatic N) is 2. The quantitative estimate of drug-likeness (QED) is 0.136. The van der Waals surface area contributed by atoms with E-state index in [1.54, 1.807) is 0 Å². The fourth-order valence-corrected chi connectivity index (χ4v) is 4.74. The van der Waals surface area contributed by atoms with Crippen molar-refractivity contribution in [3.8, 4) is 0 Å². The van der Waals surface area contributed by atoms with E-state index in [1.807, 2.05) is 0 Å². The van der Waals surface area contributed by atoms with E-state index in [0.29, 0.717) is 0 Å². The lowest BCUT2D eigenvalue weighted by Gasteiger charge is -2.11. The number of unbranched alkanes of at least 4 members (excludes halogenated alkanes) is 15. The largest absolute Gasteiger partial charge is 0.378 e. The van der Waals surface area contributed by atoms with Gasteiger partial charge in [0.25, 0.3) is 0 Å². The highest BCUT2D eigenvalue weighted by Crippen LogP contribution is 2.15. The van der Waals surface area contributed by atoms with E-state index >= 15 is 0 Å². The van der Waals surface area contributed by atoms with E-state index in [0.717, 1.165) is 6.54 Å². The number of aryl methyl sites for hydroxylation is 1. The molecule has 194 valence electrons. The molecule has 1 aromatic heterocycles. The predicted molar refractivity (Wildman–Crippen MR) is 156 cm³/mol. The van der Waals surface area contributed by atoms with Gasteiger partial charge in [-0.05, 0) is 36.3 Å². The minimum absolute atomic E-state index is 1.11. The van der Waals surface area contributed by atoms with E-state index in [-0.39, 0.29) is 0 Å². The van der Waals surface area contributed by atoms with Crippen molar-refractivity contribution in [3.05, 3.63) is 59.9 Å². The minimum atomic E-state index is 1.11. The molecule has 0 atom stereocenters. The van der Waals surface area contributed by atoms with Gasteiger partial charge >= 0.3 is 0 Å². The number of pyridine rings is 1. The lowest BCUT2D eigenvalue weighted by Crippen LogP contribution is -2.36. The second-order valence-corrected chi connectivity index (χ2v) is 10.4. The standard InChI is InChI=1S/C33H53N2/c1-4-5-6-7-8-9-10-11-12-13-14-15-16-17-18-20-29-35-30-21-19-22-33(35)28-25-31-23-26-32(27-24-31)34(2)3/h19,21-28,30H,4-18,20,29H2,1-3H3/q+1. The molecular formula is C33H53N2+. The molecular weight excluding hydrogens is 424 g/mol. The Balaban J connectivity index is 1.52. The monoisotopic (exact) mass is 477 g/mol. The van der Waals surface area contributed by atoms with Crippen LogP contribution in [0.25, 0.3) is 12.2 Å². The van der Waals surface area contributed by atoms with Crippen molar-refractivity contribution >= 4 is 17.8 Å².